The molecule has 0 unspecified atom stereocenters. The van der Waals surface area contributed by atoms with E-state index in [0.717, 1.165) is 31.6 Å². The van der Waals surface area contributed by atoms with Crippen LogP contribution in [0.15, 0.2) is 47.4 Å². The van der Waals surface area contributed by atoms with Gasteiger partial charge in [0, 0.05) is 36.6 Å². The molecule has 5 heteroatoms. The number of rotatable bonds is 5. The van der Waals surface area contributed by atoms with Gasteiger partial charge in [-0.2, -0.15) is 0 Å². The number of likely N-dealkylation sites (tertiary alicyclic amines) is 1. The molecule has 0 saturated carbocycles. The molecule has 3 rings (SSSR count). The summed E-state index contributed by atoms with van der Waals surface area (Å²) in [4.78, 5) is 29.7. The number of carbonyl (C=O) groups is 1. The van der Waals surface area contributed by atoms with Gasteiger partial charge in [-0.1, -0.05) is 30.3 Å². The molecule has 5 nitrogen and oxygen atoms in total. The van der Waals surface area contributed by atoms with Crippen LogP contribution in [0.25, 0.3) is 0 Å². The number of aryl methyl sites for hydroxylation is 1. The molecule has 1 aliphatic heterocycles. The third-order valence-electron chi connectivity index (χ3n) is 5.05. The Labute approximate surface area is 148 Å². The number of H-pyrrole nitrogens is 1. The first-order valence-electron chi connectivity index (χ1n) is 8.74. The molecule has 0 aliphatic carbocycles. The fourth-order valence-electron chi connectivity index (χ4n) is 3.47. The average molecular weight is 339 g/mol. The smallest absolute Gasteiger partial charge is 0.256 e. The van der Waals surface area contributed by atoms with E-state index in [0.29, 0.717) is 6.54 Å². The minimum atomic E-state index is -0.311. The summed E-state index contributed by atoms with van der Waals surface area (Å²) < 4.78 is 0. The fourth-order valence-corrected chi connectivity index (χ4v) is 3.47. The quantitative estimate of drug-likeness (QED) is 0.879. The minimum absolute atomic E-state index is 0.0943. The molecule has 1 amide bonds. The maximum Gasteiger partial charge on any atom is 0.256 e. The Hall–Kier alpha value is -2.40. The van der Waals surface area contributed by atoms with Crippen LogP contribution in [0, 0.1) is 6.92 Å². The Kier molecular flexibility index (Phi) is 5.04. The van der Waals surface area contributed by atoms with Crippen LogP contribution in [0.4, 0.5) is 0 Å². The second-order valence-electron chi connectivity index (χ2n) is 7.08. The van der Waals surface area contributed by atoms with Crippen LogP contribution in [0.2, 0.25) is 0 Å². The summed E-state index contributed by atoms with van der Waals surface area (Å²) in [5.74, 6) is -0.311. The van der Waals surface area contributed by atoms with Gasteiger partial charge in [0.05, 0.1) is 0 Å². The molecule has 2 heterocycles. The highest BCUT2D eigenvalue weighted by molar-refractivity contribution is 5.93. The highest BCUT2D eigenvalue weighted by atomic mass is 16.2. The molecular weight excluding hydrogens is 314 g/mol. The lowest BCUT2D eigenvalue weighted by atomic mass is 9.98. The summed E-state index contributed by atoms with van der Waals surface area (Å²) in [6.45, 7) is 6.41. The van der Waals surface area contributed by atoms with Gasteiger partial charge in [-0.3, -0.25) is 14.5 Å². The molecule has 0 spiro atoms. The number of benzene rings is 1. The second kappa shape index (κ2) is 7.23. The number of carbonyl (C=O) groups excluding carboxylic acids is 1. The van der Waals surface area contributed by atoms with E-state index in [4.69, 9.17) is 0 Å². The Balaban J connectivity index is 1.66. The van der Waals surface area contributed by atoms with Gasteiger partial charge in [0.15, 0.2) is 5.43 Å². The molecule has 1 fully saturated rings. The van der Waals surface area contributed by atoms with E-state index in [9.17, 15) is 9.59 Å². The van der Waals surface area contributed by atoms with Crippen molar-refractivity contribution in [2.45, 2.75) is 38.8 Å². The lowest BCUT2D eigenvalue weighted by Crippen LogP contribution is -2.50. The first-order valence-corrected chi connectivity index (χ1v) is 8.74. The molecule has 1 aromatic heterocycles. The van der Waals surface area contributed by atoms with Crippen LogP contribution >= 0.6 is 0 Å². The lowest BCUT2D eigenvalue weighted by Gasteiger charge is -2.35. The predicted molar refractivity (Wildman–Crippen MR) is 98.6 cm³/mol. The van der Waals surface area contributed by atoms with Gasteiger partial charge in [-0.15, -0.1) is 0 Å². The Morgan fingerprint density at radius 1 is 1.32 bits per heavy atom. The number of hydrogen-bond acceptors (Lipinski definition) is 3. The monoisotopic (exact) mass is 339 g/mol. The Bertz CT molecular complexity index is 800. The van der Waals surface area contributed by atoms with Crippen LogP contribution < -0.4 is 10.7 Å². The molecule has 2 N–H and O–H groups in total. The molecule has 25 heavy (non-hydrogen) atoms. The lowest BCUT2D eigenvalue weighted by molar-refractivity contribution is 0.0896. The van der Waals surface area contributed by atoms with E-state index in [1.807, 2.05) is 18.2 Å². The van der Waals surface area contributed by atoms with E-state index in [2.05, 4.69) is 34.3 Å². The Morgan fingerprint density at radius 2 is 2.08 bits per heavy atom. The maximum absolute atomic E-state index is 12.4. The third kappa shape index (κ3) is 3.99. The largest absolute Gasteiger partial charge is 0.364 e. The molecule has 0 bridgehead atoms. The van der Waals surface area contributed by atoms with E-state index >= 15 is 0 Å². The molecule has 2 aromatic rings. The number of hydrogen-bond donors (Lipinski definition) is 2. The summed E-state index contributed by atoms with van der Waals surface area (Å²) in [7, 11) is 0. The number of pyridine rings is 1. The summed E-state index contributed by atoms with van der Waals surface area (Å²) in [6.07, 6.45) is 3.64. The van der Waals surface area contributed by atoms with Crippen molar-refractivity contribution in [3.05, 3.63) is 69.6 Å². The Morgan fingerprint density at radius 3 is 2.80 bits per heavy atom. The molecule has 1 aliphatic rings. The first kappa shape index (κ1) is 17.4. The van der Waals surface area contributed by atoms with Crippen molar-refractivity contribution in [1.29, 1.82) is 0 Å². The highest BCUT2D eigenvalue weighted by Gasteiger charge is 2.36. The molecule has 0 radical (unpaired) electrons. The molecule has 1 aromatic carbocycles. The molecule has 132 valence electrons. The van der Waals surface area contributed by atoms with Crippen molar-refractivity contribution >= 4 is 5.91 Å². The number of nitrogens with one attached hydrogen (secondary N) is 2. The number of nitrogens with zero attached hydrogens (tertiary/aromatic N) is 1. The maximum atomic E-state index is 12.4. The zero-order valence-corrected chi connectivity index (χ0v) is 14.8. The van der Waals surface area contributed by atoms with Crippen molar-refractivity contribution in [2.24, 2.45) is 0 Å². The van der Waals surface area contributed by atoms with E-state index < -0.39 is 0 Å². The SMILES string of the molecule is Cc1cc(=O)c(C(=O)NC[C@@]2(C)CCCN2Cc2ccccc2)c[nH]1. The number of aromatic nitrogens is 1. The second-order valence-corrected chi connectivity index (χ2v) is 7.08. The zero-order chi connectivity index (χ0) is 17.9. The fraction of sp³-hybridized carbons (Fsp3) is 0.400. The first-order chi connectivity index (χ1) is 12.0. The summed E-state index contributed by atoms with van der Waals surface area (Å²) in [5.41, 5.74) is 1.85. The van der Waals surface area contributed by atoms with Crippen molar-refractivity contribution in [2.75, 3.05) is 13.1 Å². The van der Waals surface area contributed by atoms with Gasteiger partial charge in [0.2, 0.25) is 0 Å². The highest BCUT2D eigenvalue weighted by Crippen LogP contribution is 2.30. The van der Waals surface area contributed by atoms with E-state index in [1.54, 1.807) is 6.92 Å². The average Bonchev–Trinajstić information content (AvgIpc) is 2.95. The van der Waals surface area contributed by atoms with Gasteiger partial charge in [0.1, 0.15) is 5.56 Å². The van der Waals surface area contributed by atoms with Crippen molar-refractivity contribution in [3.8, 4) is 0 Å². The van der Waals surface area contributed by atoms with Crippen LogP contribution in [-0.2, 0) is 6.54 Å². The van der Waals surface area contributed by atoms with Gasteiger partial charge in [-0.05, 0) is 38.8 Å². The summed E-state index contributed by atoms with van der Waals surface area (Å²) in [5, 5.41) is 2.96. The van der Waals surface area contributed by atoms with Gasteiger partial charge < -0.3 is 10.3 Å². The van der Waals surface area contributed by atoms with Crippen molar-refractivity contribution < 1.29 is 4.79 Å². The summed E-state index contributed by atoms with van der Waals surface area (Å²) in [6, 6.07) is 11.8. The van der Waals surface area contributed by atoms with Gasteiger partial charge >= 0.3 is 0 Å². The topological polar surface area (TPSA) is 65.2 Å². The van der Waals surface area contributed by atoms with Crippen LogP contribution in [0.1, 0.15) is 41.4 Å². The zero-order valence-electron chi connectivity index (χ0n) is 14.8. The van der Waals surface area contributed by atoms with Crippen molar-refractivity contribution in [3.63, 3.8) is 0 Å². The number of amides is 1. The van der Waals surface area contributed by atoms with Crippen LogP contribution in [-0.4, -0.2) is 34.4 Å². The predicted octanol–water partition coefficient (Wildman–Crippen LogP) is 2.47. The molecule has 1 saturated heterocycles. The number of aromatic amines is 1. The normalized spacial score (nSPS) is 20.6. The van der Waals surface area contributed by atoms with Crippen LogP contribution in [0.3, 0.4) is 0 Å². The van der Waals surface area contributed by atoms with Gasteiger partial charge in [0.25, 0.3) is 5.91 Å². The van der Waals surface area contributed by atoms with Crippen LogP contribution in [0.5, 0.6) is 0 Å². The molecule has 1 atom stereocenters. The standard InChI is InChI=1S/C20H25N3O2/c1-15-11-18(24)17(12-21-15)19(25)22-14-20(2)9-6-10-23(20)13-16-7-4-3-5-8-16/h3-5,7-8,11-12H,6,9-10,13-14H2,1-2H3,(H,21,24)(H,22,25)/t20-/m1/s1. The van der Waals surface area contributed by atoms with E-state index in [-0.39, 0.29) is 22.4 Å². The van der Waals surface area contributed by atoms with E-state index in [1.165, 1.54) is 17.8 Å². The molecular formula is C20H25N3O2. The van der Waals surface area contributed by atoms with Gasteiger partial charge in [-0.25, -0.2) is 0 Å². The minimum Gasteiger partial charge on any atom is -0.364 e. The van der Waals surface area contributed by atoms with Crippen molar-refractivity contribution in [1.82, 2.24) is 15.2 Å². The summed E-state index contributed by atoms with van der Waals surface area (Å²) >= 11 is 0. The third-order valence-corrected chi connectivity index (χ3v) is 5.05.